The van der Waals surface area contributed by atoms with Crippen molar-refractivity contribution >= 4 is 11.9 Å². The molecule has 1 aliphatic rings. The summed E-state index contributed by atoms with van der Waals surface area (Å²) >= 11 is 1.60. The third-order valence-corrected chi connectivity index (χ3v) is 1.37. The number of rotatable bonds is 0. The Bertz CT molecular complexity index is 69.9. The van der Waals surface area contributed by atoms with E-state index in [2.05, 4.69) is 17.7 Å². The average Bonchev–Trinajstić information content (AvgIpc) is 1.86. The monoisotopic (exact) mass is 100 g/mol. The lowest BCUT2D eigenvalue weighted by atomic mass is 10.4. The summed E-state index contributed by atoms with van der Waals surface area (Å²) in [6.45, 7) is 2.07. The van der Waals surface area contributed by atoms with E-state index in [1.807, 2.05) is 5.41 Å². The molecule has 33 valence electrons. The molecule has 0 aromatic rings. The minimum Gasteiger partial charge on any atom is -0.253 e. The maximum atomic E-state index is 3.07. The quantitative estimate of drug-likeness (QED) is 0.455. The van der Waals surface area contributed by atoms with Gasteiger partial charge in [-0.25, -0.2) is 0 Å². The minimum atomic E-state index is 0.454. The van der Waals surface area contributed by atoms with Gasteiger partial charge in [0.2, 0.25) is 0 Å². The van der Waals surface area contributed by atoms with Crippen molar-refractivity contribution < 1.29 is 0 Å². The Kier molecular flexibility index (Phi) is 1.17. The molecule has 0 aromatic carbocycles. The lowest BCUT2D eigenvalue weighted by Crippen LogP contribution is -2.09. The van der Waals surface area contributed by atoms with Gasteiger partial charge in [-0.2, -0.15) is 0 Å². The molecule has 0 fully saturated rings. The van der Waals surface area contributed by atoms with Crippen LogP contribution in [0.2, 0.25) is 0 Å². The Balaban J connectivity index is 2.38. The molecule has 0 spiro atoms. The van der Waals surface area contributed by atoms with Gasteiger partial charge in [0.1, 0.15) is 0 Å². The van der Waals surface area contributed by atoms with E-state index in [0.717, 1.165) is 0 Å². The minimum absolute atomic E-state index is 0.454. The highest BCUT2D eigenvalue weighted by atomic mass is 32.2. The van der Waals surface area contributed by atoms with Gasteiger partial charge in [-0.15, -0.1) is 0 Å². The number of hydrogen-bond donors (Lipinski definition) is 1. The van der Waals surface area contributed by atoms with Gasteiger partial charge in [-0.3, -0.25) is 4.72 Å². The van der Waals surface area contributed by atoms with Gasteiger partial charge in [0.05, 0.1) is 0 Å². The van der Waals surface area contributed by atoms with Gasteiger partial charge in [0.15, 0.2) is 0 Å². The Morgan fingerprint density at radius 1 is 2.00 bits per heavy atom. The average molecular weight is 100 g/mol. The summed E-state index contributed by atoms with van der Waals surface area (Å²) in [4.78, 5) is 0. The molecule has 1 N–H and O–H groups in total. The third kappa shape index (κ3) is 0.758. The van der Waals surface area contributed by atoms with Gasteiger partial charge in [-0.1, -0.05) is 11.9 Å². The number of hydrogen-bond acceptors (Lipinski definition) is 2. The molecule has 1 rings (SSSR count). The molecule has 0 amide bonds. The zero-order chi connectivity index (χ0) is 4.41. The zero-order valence-corrected chi connectivity index (χ0v) is 4.38. The highest BCUT2D eigenvalue weighted by molar-refractivity contribution is 8.00. The first-order chi connectivity index (χ1) is 2.89. The largest absolute Gasteiger partial charge is 0.253 e. The van der Waals surface area contributed by atoms with Crippen LogP contribution >= 0.6 is 11.9 Å². The summed E-state index contributed by atoms with van der Waals surface area (Å²) in [5.41, 5.74) is 0. The van der Waals surface area contributed by atoms with Crippen molar-refractivity contribution in [3.05, 3.63) is 11.5 Å². The summed E-state index contributed by atoms with van der Waals surface area (Å²) in [7, 11) is 0. The van der Waals surface area contributed by atoms with Crippen LogP contribution in [0.4, 0.5) is 0 Å². The maximum absolute atomic E-state index is 3.07. The lowest BCUT2D eigenvalue weighted by Gasteiger charge is -1.92. The van der Waals surface area contributed by atoms with E-state index >= 15 is 0 Å². The SMILES string of the molecule is CC1[C]=CSN1. The first-order valence-corrected chi connectivity index (χ1v) is 2.76. The predicted molar refractivity (Wildman–Crippen MR) is 28.0 cm³/mol. The first-order valence-electron chi connectivity index (χ1n) is 1.88. The summed E-state index contributed by atoms with van der Waals surface area (Å²) in [5, 5.41) is 1.94. The molecule has 0 saturated carbocycles. The van der Waals surface area contributed by atoms with Crippen LogP contribution in [0.25, 0.3) is 0 Å². The molecular formula is C4H6NS. The Labute approximate surface area is 41.9 Å². The summed E-state index contributed by atoms with van der Waals surface area (Å²) in [6.07, 6.45) is 3.05. The van der Waals surface area contributed by atoms with Crippen LogP contribution in [0.15, 0.2) is 5.41 Å². The Morgan fingerprint density at radius 2 is 2.83 bits per heavy atom. The fourth-order valence-corrected chi connectivity index (χ4v) is 0.919. The van der Waals surface area contributed by atoms with Crippen LogP contribution in [-0.4, -0.2) is 6.04 Å². The van der Waals surface area contributed by atoms with Gasteiger partial charge >= 0.3 is 0 Å². The molecule has 0 bridgehead atoms. The molecule has 1 nitrogen and oxygen atoms in total. The van der Waals surface area contributed by atoms with Crippen LogP contribution in [0, 0.1) is 6.08 Å². The van der Waals surface area contributed by atoms with E-state index in [-0.39, 0.29) is 0 Å². The molecular weight excluding hydrogens is 94.1 g/mol. The number of nitrogens with one attached hydrogen (secondary N) is 1. The van der Waals surface area contributed by atoms with Crippen molar-refractivity contribution in [2.45, 2.75) is 13.0 Å². The first kappa shape index (κ1) is 4.22. The normalized spacial score (nSPS) is 31.8. The molecule has 1 heterocycles. The highest BCUT2D eigenvalue weighted by Gasteiger charge is 1.98. The standard InChI is InChI=1S/C4H6NS/c1-4-2-3-6-5-4/h3-5H,1H3. The van der Waals surface area contributed by atoms with Crippen LogP contribution in [0.5, 0.6) is 0 Å². The molecule has 0 aliphatic carbocycles. The summed E-state index contributed by atoms with van der Waals surface area (Å²) in [6, 6.07) is 0.454. The van der Waals surface area contributed by atoms with Crippen molar-refractivity contribution in [2.24, 2.45) is 0 Å². The van der Waals surface area contributed by atoms with E-state index < -0.39 is 0 Å². The van der Waals surface area contributed by atoms with E-state index in [0.29, 0.717) is 6.04 Å². The molecule has 1 aliphatic heterocycles. The smallest absolute Gasteiger partial charge is 0.0405 e. The van der Waals surface area contributed by atoms with Gasteiger partial charge in [0.25, 0.3) is 0 Å². The van der Waals surface area contributed by atoms with E-state index in [1.165, 1.54) is 0 Å². The second-order valence-corrected chi connectivity index (χ2v) is 1.95. The van der Waals surface area contributed by atoms with E-state index in [1.54, 1.807) is 11.9 Å². The van der Waals surface area contributed by atoms with Crippen LogP contribution in [0.1, 0.15) is 6.92 Å². The van der Waals surface area contributed by atoms with Crippen molar-refractivity contribution in [1.29, 1.82) is 0 Å². The third-order valence-electron chi connectivity index (χ3n) is 0.622. The predicted octanol–water partition coefficient (Wildman–Crippen LogP) is 0.943. The molecule has 0 saturated heterocycles. The van der Waals surface area contributed by atoms with Gasteiger partial charge in [0, 0.05) is 6.04 Å². The van der Waals surface area contributed by atoms with Crippen molar-refractivity contribution in [3.8, 4) is 0 Å². The van der Waals surface area contributed by atoms with Crippen molar-refractivity contribution in [1.82, 2.24) is 4.72 Å². The highest BCUT2D eigenvalue weighted by Crippen LogP contribution is 2.05. The van der Waals surface area contributed by atoms with Crippen LogP contribution in [-0.2, 0) is 0 Å². The van der Waals surface area contributed by atoms with Gasteiger partial charge < -0.3 is 0 Å². The summed E-state index contributed by atoms with van der Waals surface area (Å²) in [5.74, 6) is 0. The molecule has 1 unspecified atom stereocenters. The fraction of sp³-hybridized carbons (Fsp3) is 0.500. The van der Waals surface area contributed by atoms with Crippen molar-refractivity contribution in [2.75, 3.05) is 0 Å². The topological polar surface area (TPSA) is 12.0 Å². The zero-order valence-electron chi connectivity index (χ0n) is 3.56. The fourth-order valence-electron chi connectivity index (χ4n) is 0.306. The van der Waals surface area contributed by atoms with Gasteiger partial charge in [-0.05, 0) is 18.4 Å². The molecule has 0 aromatic heterocycles. The lowest BCUT2D eigenvalue weighted by molar-refractivity contribution is 0.848. The molecule has 1 radical (unpaired) electrons. The molecule has 2 heteroatoms. The van der Waals surface area contributed by atoms with Crippen molar-refractivity contribution in [3.63, 3.8) is 0 Å². The second-order valence-electron chi connectivity index (χ2n) is 1.24. The molecule has 6 heavy (non-hydrogen) atoms. The second kappa shape index (κ2) is 1.67. The summed E-state index contributed by atoms with van der Waals surface area (Å²) < 4.78 is 3.07. The van der Waals surface area contributed by atoms with Crippen LogP contribution in [0.3, 0.4) is 0 Å². The van der Waals surface area contributed by atoms with E-state index in [9.17, 15) is 0 Å². The Hall–Kier alpha value is 0.0500. The molecule has 1 atom stereocenters. The Morgan fingerprint density at radius 3 is 3.00 bits per heavy atom. The van der Waals surface area contributed by atoms with E-state index in [4.69, 9.17) is 0 Å². The maximum Gasteiger partial charge on any atom is 0.0405 e. The van der Waals surface area contributed by atoms with Crippen LogP contribution < -0.4 is 4.72 Å².